The summed E-state index contributed by atoms with van der Waals surface area (Å²) in [5, 5.41) is 0. The highest BCUT2D eigenvalue weighted by atomic mass is 16.5. The molecule has 1 saturated heterocycles. The average molecular weight is 303 g/mol. The molecule has 0 atom stereocenters. The summed E-state index contributed by atoms with van der Waals surface area (Å²) >= 11 is 0. The lowest BCUT2D eigenvalue weighted by molar-refractivity contribution is -0.133. The minimum atomic E-state index is 0.349. The van der Waals surface area contributed by atoms with Crippen molar-refractivity contribution in [1.82, 2.24) is 4.90 Å². The van der Waals surface area contributed by atoms with E-state index in [9.17, 15) is 4.79 Å². The molecule has 22 heavy (non-hydrogen) atoms. The summed E-state index contributed by atoms with van der Waals surface area (Å²) < 4.78 is 10.7. The molecule has 1 aliphatic heterocycles. The van der Waals surface area contributed by atoms with Gasteiger partial charge in [-0.2, -0.15) is 0 Å². The lowest BCUT2D eigenvalue weighted by Crippen LogP contribution is -2.39. The molecule has 1 aliphatic carbocycles. The van der Waals surface area contributed by atoms with E-state index in [2.05, 4.69) is 17.0 Å². The Kier molecular flexibility index (Phi) is 4.55. The Balaban J connectivity index is 1.55. The van der Waals surface area contributed by atoms with E-state index in [-0.39, 0.29) is 0 Å². The zero-order valence-corrected chi connectivity index (χ0v) is 13.5. The predicted molar refractivity (Wildman–Crippen MR) is 85.3 cm³/mol. The number of benzene rings is 1. The third kappa shape index (κ3) is 3.37. The van der Waals surface area contributed by atoms with Crippen LogP contribution in [0, 0.1) is 11.8 Å². The molecule has 2 fully saturated rings. The van der Waals surface area contributed by atoms with Gasteiger partial charge in [0.25, 0.3) is 0 Å². The maximum atomic E-state index is 12.1. The fourth-order valence-corrected chi connectivity index (χ4v) is 3.29. The van der Waals surface area contributed by atoms with Gasteiger partial charge in [0.05, 0.1) is 14.2 Å². The number of hydrogen-bond acceptors (Lipinski definition) is 3. The molecule has 0 unspecified atom stereocenters. The van der Waals surface area contributed by atoms with Gasteiger partial charge in [0.1, 0.15) is 0 Å². The van der Waals surface area contributed by atoms with Crippen molar-refractivity contribution in [3.05, 3.63) is 23.8 Å². The Morgan fingerprint density at radius 3 is 2.36 bits per heavy atom. The van der Waals surface area contributed by atoms with E-state index >= 15 is 0 Å². The third-order valence-electron chi connectivity index (χ3n) is 4.83. The third-order valence-corrected chi connectivity index (χ3v) is 4.83. The van der Waals surface area contributed by atoms with Crippen molar-refractivity contribution in [3.8, 4) is 11.5 Å². The molecular formula is C18H25NO3. The van der Waals surface area contributed by atoms with Gasteiger partial charge in [-0.05, 0) is 55.7 Å². The van der Waals surface area contributed by atoms with Crippen LogP contribution >= 0.6 is 0 Å². The minimum absolute atomic E-state index is 0.349. The van der Waals surface area contributed by atoms with Crippen LogP contribution in [0.3, 0.4) is 0 Å². The first-order valence-corrected chi connectivity index (χ1v) is 8.21. The van der Waals surface area contributed by atoms with Gasteiger partial charge in [-0.25, -0.2) is 0 Å². The molecule has 0 radical (unpaired) electrons. The molecule has 4 nitrogen and oxygen atoms in total. The van der Waals surface area contributed by atoms with Gasteiger partial charge in [-0.15, -0.1) is 0 Å². The Morgan fingerprint density at radius 1 is 1.09 bits per heavy atom. The van der Waals surface area contributed by atoms with Crippen LogP contribution in [0.15, 0.2) is 18.2 Å². The standard InChI is InChI=1S/C18H25NO3/c1-21-16-6-3-14(12-17(16)22-2)11-13-7-9-19(10-8-13)18(20)15-4-5-15/h3,6,12-13,15H,4-5,7-11H2,1-2H3. The van der Waals surface area contributed by atoms with Gasteiger partial charge in [-0.1, -0.05) is 6.07 Å². The second kappa shape index (κ2) is 6.59. The Hall–Kier alpha value is -1.71. The van der Waals surface area contributed by atoms with Crippen molar-refractivity contribution >= 4 is 5.91 Å². The van der Waals surface area contributed by atoms with Crippen molar-refractivity contribution in [2.75, 3.05) is 27.3 Å². The molecule has 1 saturated carbocycles. The van der Waals surface area contributed by atoms with Crippen LogP contribution in [0.1, 0.15) is 31.2 Å². The van der Waals surface area contributed by atoms with Gasteiger partial charge >= 0.3 is 0 Å². The number of amides is 1. The molecule has 1 heterocycles. The fourth-order valence-electron chi connectivity index (χ4n) is 3.29. The Labute approximate surface area is 132 Å². The number of likely N-dealkylation sites (tertiary alicyclic amines) is 1. The smallest absolute Gasteiger partial charge is 0.225 e. The Bertz CT molecular complexity index is 531. The summed E-state index contributed by atoms with van der Waals surface area (Å²) in [6, 6.07) is 6.16. The second-order valence-corrected chi connectivity index (χ2v) is 6.44. The van der Waals surface area contributed by atoms with Crippen molar-refractivity contribution in [2.45, 2.75) is 32.1 Å². The molecule has 1 aromatic carbocycles. The normalized spacial score (nSPS) is 19.1. The quantitative estimate of drug-likeness (QED) is 0.839. The number of carbonyl (C=O) groups is 1. The topological polar surface area (TPSA) is 38.8 Å². The summed E-state index contributed by atoms with van der Waals surface area (Å²) in [6.45, 7) is 1.85. The highest BCUT2D eigenvalue weighted by molar-refractivity contribution is 5.81. The van der Waals surface area contributed by atoms with Gasteiger partial charge in [0.15, 0.2) is 11.5 Å². The first kappa shape index (κ1) is 15.2. The van der Waals surface area contributed by atoms with E-state index in [0.717, 1.165) is 56.7 Å². The molecule has 3 rings (SSSR count). The maximum Gasteiger partial charge on any atom is 0.225 e. The molecule has 4 heteroatoms. The van der Waals surface area contributed by atoms with E-state index < -0.39 is 0 Å². The molecule has 120 valence electrons. The van der Waals surface area contributed by atoms with Crippen molar-refractivity contribution in [2.24, 2.45) is 11.8 Å². The van der Waals surface area contributed by atoms with Crippen LogP contribution < -0.4 is 9.47 Å². The number of carbonyl (C=O) groups excluding carboxylic acids is 1. The van der Waals surface area contributed by atoms with Crippen LogP contribution in [-0.4, -0.2) is 38.1 Å². The van der Waals surface area contributed by atoms with Crippen LogP contribution in [0.2, 0.25) is 0 Å². The van der Waals surface area contributed by atoms with E-state index in [1.54, 1.807) is 14.2 Å². The molecule has 1 amide bonds. The lowest BCUT2D eigenvalue weighted by atomic mass is 9.90. The zero-order chi connectivity index (χ0) is 15.5. The second-order valence-electron chi connectivity index (χ2n) is 6.44. The molecule has 0 bridgehead atoms. The van der Waals surface area contributed by atoms with Crippen LogP contribution in [0.5, 0.6) is 11.5 Å². The number of nitrogens with zero attached hydrogens (tertiary/aromatic N) is 1. The number of ether oxygens (including phenoxy) is 2. The van der Waals surface area contributed by atoms with Gasteiger partial charge in [0, 0.05) is 19.0 Å². The van der Waals surface area contributed by atoms with Gasteiger partial charge < -0.3 is 14.4 Å². The van der Waals surface area contributed by atoms with Crippen LogP contribution in [0.4, 0.5) is 0 Å². The average Bonchev–Trinajstić information content (AvgIpc) is 3.39. The Morgan fingerprint density at radius 2 is 1.77 bits per heavy atom. The number of piperidine rings is 1. The van der Waals surface area contributed by atoms with E-state index in [1.807, 2.05) is 6.07 Å². The summed E-state index contributed by atoms with van der Waals surface area (Å²) in [7, 11) is 3.33. The van der Waals surface area contributed by atoms with Crippen molar-refractivity contribution in [1.29, 1.82) is 0 Å². The highest BCUT2D eigenvalue weighted by Crippen LogP contribution is 2.33. The first-order chi connectivity index (χ1) is 10.7. The van der Waals surface area contributed by atoms with Crippen LogP contribution in [0.25, 0.3) is 0 Å². The maximum absolute atomic E-state index is 12.1. The summed E-state index contributed by atoms with van der Waals surface area (Å²) in [5.74, 6) is 2.96. The predicted octanol–water partition coefficient (Wildman–Crippen LogP) is 2.89. The first-order valence-electron chi connectivity index (χ1n) is 8.21. The van der Waals surface area contributed by atoms with Crippen LogP contribution in [-0.2, 0) is 11.2 Å². The largest absolute Gasteiger partial charge is 0.493 e. The number of hydrogen-bond donors (Lipinski definition) is 0. The minimum Gasteiger partial charge on any atom is -0.493 e. The fraction of sp³-hybridized carbons (Fsp3) is 0.611. The molecule has 2 aliphatic rings. The van der Waals surface area contributed by atoms with Crippen molar-refractivity contribution < 1.29 is 14.3 Å². The number of methoxy groups -OCH3 is 2. The SMILES string of the molecule is COc1ccc(CC2CCN(C(=O)C3CC3)CC2)cc1OC. The number of rotatable bonds is 5. The molecule has 0 N–H and O–H groups in total. The molecular weight excluding hydrogens is 278 g/mol. The molecule has 0 spiro atoms. The van der Waals surface area contributed by atoms with E-state index in [4.69, 9.17) is 9.47 Å². The molecule has 0 aromatic heterocycles. The van der Waals surface area contributed by atoms with Crippen molar-refractivity contribution in [3.63, 3.8) is 0 Å². The zero-order valence-electron chi connectivity index (χ0n) is 13.5. The van der Waals surface area contributed by atoms with Gasteiger partial charge in [-0.3, -0.25) is 4.79 Å². The summed E-state index contributed by atoms with van der Waals surface area (Å²) in [4.78, 5) is 14.1. The molecule has 1 aromatic rings. The van der Waals surface area contributed by atoms with E-state index in [1.165, 1.54) is 5.56 Å². The summed E-state index contributed by atoms with van der Waals surface area (Å²) in [5.41, 5.74) is 1.28. The van der Waals surface area contributed by atoms with E-state index in [0.29, 0.717) is 17.7 Å². The lowest BCUT2D eigenvalue weighted by Gasteiger charge is -2.32. The van der Waals surface area contributed by atoms with Gasteiger partial charge in [0.2, 0.25) is 5.91 Å². The summed E-state index contributed by atoms with van der Waals surface area (Å²) in [6.07, 6.45) is 5.46. The highest BCUT2D eigenvalue weighted by Gasteiger charge is 2.34. The monoisotopic (exact) mass is 303 g/mol.